The summed E-state index contributed by atoms with van der Waals surface area (Å²) in [5.41, 5.74) is 3.07. The molecule has 1 aliphatic carbocycles. The van der Waals surface area contributed by atoms with E-state index in [1.165, 1.54) is 44.9 Å². The summed E-state index contributed by atoms with van der Waals surface area (Å²) in [5.74, 6) is 0. The zero-order valence-corrected chi connectivity index (χ0v) is 8.84. The maximum atomic E-state index is 5.60. The Morgan fingerprint density at radius 3 is 2.57 bits per heavy atom. The van der Waals surface area contributed by atoms with Crippen molar-refractivity contribution in [3.05, 3.63) is 0 Å². The summed E-state index contributed by atoms with van der Waals surface area (Å²) in [7, 11) is 0. The van der Waals surface area contributed by atoms with Crippen LogP contribution < -0.4 is 5.48 Å². The summed E-state index contributed by atoms with van der Waals surface area (Å²) in [5, 5.41) is 0. The molecule has 0 amide bonds. The van der Waals surface area contributed by atoms with Crippen LogP contribution in [0.4, 0.5) is 0 Å². The summed E-state index contributed by atoms with van der Waals surface area (Å²) < 4.78 is 5.60. The highest BCUT2D eigenvalue weighted by Gasteiger charge is 2.17. The van der Waals surface area contributed by atoms with Crippen LogP contribution in [0.5, 0.6) is 0 Å². The average molecular weight is 199 g/mol. The van der Waals surface area contributed by atoms with Gasteiger partial charge in [0, 0.05) is 13.2 Å². The van der Waals surface area contributed by atoms with Crippen LogP contribution in [0, 0.1) is 0 Å². The number of ether oxygens (including phenoxy) is 1. The van der Waals surface area contributed by atoms with Gasteiger partial charge in [-0.2, -0.15) is 5.48 Å². The smallest absolute Gasteiger partial charge is 0.0790 e. The van der Waals surface area contributed by atoms with Gasteiger partial charge in [-0.1, -0.05) is 12.8 Å². The van der Waals surface area contributed by atoms with Crippen molar-refractivity contribution in [2.75, 3.05) is 13.2 Å². The first-order chi connectivity index (χ1) is 6.95. The molecule has 0 aromatic rings. The minimum absolute atomic E-state index is 0.380. The molecule has 1 aliphatic heterocycles. The molecule has 1 unspecified atom stereocenters. The van der Waals surface area contributed by atoms with Gasteiger partial charge in [-0.3, -0.25) is 4.84 Å². The van der Waals surface area contributed by atoms with Crippen LogP contribution in [-0.2, 0) is 9.57 Å². The van der Waals surface area contributed by atoms with Crippen molar-refractivity contribution in [2.24, 2.45) is 0 Å². The van der Waals surface area contributed by atoms with Crippen LogP contribution in [0.25, 0.3) is 0 Å². The summed E-state index contributed by atoms with van der Waals surface area (Å²) in [6.45, 7) is 1.78. The molecule has 0 bridgehead atoms. The van der Waals surface area contributed by atoms with E-state index in [1.807, 2.05) is 0 Å². The van der Waals surface area contributed by atoms with Crippen LogP contribution in [0.3, 0.4) is 0 Å². The van der Waals surface area contributed by atoms with Crippen LogP contribution >= 0.6 is 0 Å². The highest BCUT2D eigenvalue weighted by atomic mass is 16.7. The lowest BCUT2D eigenvalue weighted by Crippen LogP contribution is -2.33. The molecule has 0 radical (unpaired) electrons. The Balaban J connectivity index is 1.52. The lowest BCUT2D eigenvalue weighted by Gasteiger charge is -2.23. The third-order valence-electron chi connectivity index (χ3n) is 3.14. The lowest BCUT2D eigenvalue weighted by molar-refractivity contribution is -0.0595. The van der Waals surface area contributed by atoms with Crippen molar-refractivity contribution in [1.29, 1.82) is 0 Å². The van der Waals surface area contributed by atoms with Crippen molar-refractivity contribution in [3.8, 4) is 0 Å². The highest BCUT2D eigenvalue weighted by Crippen LogP contribution is 2.20. The topological polar surface area (TPSA) is 30.5 Å². The van der Waals surface area contributed by atoms with Crippen molar-refractivity contribution in [2.45, 2.75) is 57.2 Å². The summed E-state index contributed by atoms with van der Waals surface area (Å²) in [6.07, 6.45) is 9.63. The first-order valence-electron chi connectivity index (χ1n) is 5.95. The van der Waals surface area contributed by atoms with E-state index in [1.54, 1.807) is 0 Å². The molecular formula is C11H21NO2. The Bertz CT molecular complexity index is 151. The van der Waals surface area contributed by atoms with Gasteiger partial charge in [0.25, 0.3) is 0 Å². The molecule has 14 heavy (non-hydrogen) atoms. The maximum Gasteiger partial charge on any atom is 0.0790 e. The van der Waals surface area contributed by atoms with E-state index in [0.717, 1.165) is 13.2 Å². The molecule has 1 N–H and O–H groups in total. The fraction of sp³-hybridized carbons (Fsp3) is 1.00. The maximum absolute atomic E-state index is 5.60. The monoisotopic (exact) mass is 199 g/mol. The van der Waals surface area contributed by atoms with Crippen molar-refractivity contribution in [3.63, 3.8) is 0 Å². The van der Waals surface area contributed by atoms with Gasteiger partial charge in [0.15, 0.2) is 0 Å². The van der Waals surface area contributed by atoms with E-state index < -0.39 is 0 Å². The van der Waals surface area contributed by atoms with Gasteiger partial charge in [-0.25, -0.2) is 0 Å². The number of nitrogens with one attached hydrogen (secondary N) is 1. The largest absolute Gasteiger partial charge is 0.377 e. The van der Waals surface area contributed by atoms with Crippen LogP contribution in [0.1, 0.15) is 44.9 Å². The van der Waals surface area contributed by atoms with Gasteiger partial charge in [0.1, 0.15) is 0 Å². The molecule has 1 saturated carbocycles. The first-order valence-corrected chi connectivity index (χ1v) is 5.95. The minimum Gasteiger partial charge on any atom is -0.377 e. The fourth-order valence-electron chi connectivity index (χ4n) is 2.23. The van der Waals surface area contributed by atoms with Crippen molar-refractivity contribution < 1.29 is 9.57 Å². The molecule has 2 rings (SSSR count). The minimum atomic E-state index is 0.380. The summed E-state index contributed by atoms with van der Waals surface area (Å²) in [6, 6.07) is 0. The van der Waals surface area contributed by atoms with Crippen molar-refractivity contribution in [1.82, 2.24) is 5.48 Å². The molecule has 0 spiro atoms. The molecule has 1 heterocycles. The van der Waals surface area contributed by atoms with Gasteiger partial charge in [-0.15, -0.1) is 0 Å². The van der Waals surface area contributed by atoms with Gasteiger partial charge >= 0.3 is 0 Å². The van der Waals surface area contributed by atoms with Crippen LogP contribution in [0.15, 0.2) is 0 Å². The zero-order valence-electron chi connectivity index (χ0n) is 8.84. The second-order valence-electron chi connectivity index (χ2n) is 4.36. The lowest BCUT2D eigenvalue weighted by atomic mass is 10.1. The molecule has 82 valence electrons. The molecule has 1 saturated heterocycles. The predicted molar refractivity (Wildman–Crippen MR) is 54.9 cm³/mol. The molecule has 2 aliphatic rings. The zero-order chi connectivity index (χ0) is 9.64. The molecule has 1 atom stereocenters. The molecule has 0 aromatic heterocycles. The first kappa shape index (κ1) is 10.4. The Kier molecular flexibility index (Phi) is 4.22. The van der Waals surface area contributed by atoms with E-state index in [2.05, 4.69) is 5.48 Å². The van der Waals surface area contributed by atoms with Crippen LogP contribution in [0.2, 0.25) is 0 Å². The highest BCUT2D eigenvalue weighted by molar-refractivity contribution is 4.67. The third kappa shape index (κ3) is 3.23. The van der Waals surface area contributed by atoms with E-state index >= 15 is 0 Å². The molecule has 2 fully saturated rings. The normalized spacial score (nSPS) is 29.6. The Morgan fingerprint density at radius 2 is 1.86 bits per heavy atom. The second-order valence-corrected chi connectivity index (χ2v) is 4.36. The van der Waals surface area contributed by atoms with Gasteiger partial charge < -0.3 is 4.74 Å². The van der Waals surface area contributed by atoms with Gasteiger partial charge in [0.05, 0.1) is 12.2 Å². The van der Waals surface area contributed by atoms with E-state index in [4.69, 9.17) is 9.57 Å². The van der Waals surface area contributed by atoms with Gasteiger partial charge in [-0.05, 0) is 32.1 Å². The third-order valence-corrected chi connectivity index (χ3v) is 3.14. The van der Waals surface area contributed by atoms with E-state index in [9.17, 15) is 0 Å². The van der Waals surface area contributed by atoms with E-state index in [0.29, 0.717) is 12.2 Å². The van der Waals surface area contributed by atoms with Crippen molar-refractivity contribution >= 4 is 0 Å². The quantitative estimate of drug-likeness (QED) is 0.703. The number of hydroxylamine groups is 1. The number of hydrogen-bond donors (Lipinski definition) is 1. The summed E-state index contributed by atoms with van der Waals surface area (Å²) in [4.78, 5) is 5.58. The summed E-state index contributed by atoms with van der Waals surface area (Å²) >= 11 is 0. The standard InChI is InChI=1S/C11H21NO2/c1-2-6-10(5-1)14-12-9-11-7-3-4-8-13-11/h10-12H,1-9H2. The SMILES string of the molecule is C1CCC(CNOC2CCCC2)OC1. The molecule has 3 nitrogen and oxygen atoms in total. The predicted octanol–water partition coefficient (Wildman–Crippen LogP) is 2.02. The second kappa shape index (κ2) is 5.69. The Morgan fingerprint density at radius 1 is 1.07 bits per heavy atom. The number of hydrogen-bond acceptors (Lipinski definition) is 3. The Labute approximate surface area is 86.1 Å². The molecule has 0 aromatic carbocycles. The van der Waals surface area contributed by atoms with Gasteiger partial charge in [0.2, 0.25) is 0 Å². The van der Waals surface area contributed by atoms with Crippen LogP contribution in [-0.4, -0.2) is 25.4 Å². The van der Waals surface area contributed by atoms with E-state index in [-0.39, 0.29) is 0 Å². The molecule has 3 heteroatoms. The number of rotatable bonds is 4. The fourth-order valence-corrected chi connectivity index (χ4v) is 2.23. The molecular weight excluding hydrogens is 178 g/mol. The Hall–Kier alpha value is -0.120. The average Bonchev–Trinajstić information content (AvgIpc) is 2.72.